The lowest BCUT2D eigenvalue weighted by Gasteiger charge is -2.23. The van der Waals surface area contributed by atoms with Crippen molar-refractivity contribution in [2.75, 3.05) is 6.54 Å². The van der Waals surface area contributed by atoms with Crippen LogP contribution in [-0.2, 0) is 30.4 Å². The molecule has 1 fully saturated rings. The summed E-state index contributed by atoms with van der Waals surface area (Å²) in [5.74, 6) is -4.09. The van der Waals surface area contributed by atoms with Gasteiger partial charge in [-0.15, -0.1) is 0 Å². The Balaban J connectivity index is 1.97. The first-order chi connectivity index (χ1) is 15.6. The van der Waals surface area contributed by atoms with Crippen LogP contribution in [0.4, 0.5) is 0 Å². The summed E-state index contributed by atoms with van der Waals surface area (Å²) in [6, 6.07) is 1.65. The highest BCUT2D eigenvalue weighted by molar-refractivity contribution is 5.96. The zero-order valence-electron chi connectivity index (χ0n) is 18.2. The third kappa shape index (κ3) is 8.07. The van der Waals surface area contributed by atoms with Gasteiger partial charge < -0.3 is 37.2 Å². The predicted molar refractivity (Wildman–Crippen MR) is 116 cm³/mol. The van der Waals surface area contributed by atoms with Crippen molar-refractivity contribution in [3.05, 3.63) is 29.8 Å². The normalized spacial score (nSPS) is 17.9. The minimum absolute atomic E-state index is 0.0207. The van der Waals surface area contributed by atoms with Crippen LogP contribution >= 0.6 is 0 Å². The number of hydrogen-bond donors (Lipinski definition) is 7. The van der Waals surface area contributed by atoms with E-state index in [1.807, 2.05) is 0 Å². The summed E-state index contributed by atoms with van der Waals surface area (Å²) in [7, 11) is 0. The molecule has 1 saturated heterocycles. The monoisotopic (exact) mass is 463 g/mol. The summed E-state index contributed by atoms with van der Waals surface area (Å²) in [5.41, 5.74) is 5.76. The van der Waals surface area contributed by atoms with E-state index in [-0.39, 0.29) is 12.2 Å². The molecule has 1 aromatic rings. The van der Waals surface area contributed by atoms with Crippen LogP contribution in [0.5, 0.6) is 5.75 Å². The Kier molecular flexibility index (Phi) is 9.16. The van der Waals surface area contributed by atoms with Crippen LogP contribution in [0.25, 0.3) is 0 Å². The summed E-state index contributed by atoms with van der Waals surface area (Å²) >= 11 is 0. The number of amides is 4. The zero-order chi connectivity index (χ0) is 24.5. The van der Waals surface area contributed by atoms with Crippen LogP contribution in [-0.4, -0.2) is 70.5 Å². The summed E-state index contributed by atoms with van der Waals surface area (Å²) < 4.78 is 0. The van der Waals surface area contributed by atoms with E-state index < -0.39 is 60.2 Å². The van der Waals surface area contributed by atoms with Crippen LogP contribution in [0, 0.1) is 0 Å². The second kappa shape index (κ2) is 11.8. The molecule has 33 heavy (non-hydrogen) atoms. The molecule has 0 aromatic heterocycles. The fourth-order valence-corrected chi connectivity index (χ4v) is 3.34. The number of carboxylic acid groups (broad SMARTS) is 1. The maximum atomic E-state index is 12.6. The van der Waals surface area contributed by atoms with E-state index in [4.69, 9.17) is 5.73 Å². The lowest BCUT2D eigenvalue weighted by molar-refractivity contribution is -0.142. The Morgan fingerprint density at radius 2 is 1.73 bits per heavy atom. The van der Waals surface area contributed by atoms with Crippen LogP contribution in [0.15, 0.2) is 24.3 Å². The average Bonchev–Trinajstić information content (AvgIpc) is 3.28. The van der Waals surface area contributed by atoms with Gasteiger partial charge in [-0.25, -0.2) is 4.79 Å². The molecular weight excluding hydrogens is 434 g/mol. The van der Waals surface area contributed by atoms with Crippen LogP contribution in [0.1, 0.15) is 31.7 Å². The second-order valence-corrected chi connectivity index (χ2v) is 7.88. The van der Waals surface area contributed by atoms with Gasteiger partial charge in [0.1, 0.15) is 23.9 Å². The highest BCUT2D eigenvalue weighted by Crippen LogP contribution is 2.11. The van der Waals surface area contributed by atoms with E-state index in [2.05, 4.69) is 21.3 Å². The fourth-order valence-electron chi connectivity index (χ4n) is 3.34. The standard InChI is InChI=1S/C21H29N5O7/c1-11(18(29)26-16(21(32)33)9-12-4-6-13(27)7-5-12)24-20(31)15(10-17(22)28)25-19(30)14-3-2-8-23-14/h4-7,11,14-16,23,27H,2-3,8-10H2,1H3,(H2,22,28)(H,24,31)(H,25,30)(H,26,29)(H,32,33). The van der Waals surface area contributed by atoms with Crippen molar-refractivity contribution in [3.8, 4) is 5.75 Å². The smallest absolute Gasteiger partial charge is 0.326 e. The fraction of sp³-hybridized carbons (Fsp3) is 0.476. The summed E-state index contributed by atoms with van der Waals surface area (Å²) in [6.45, 7) is 2.01. The minimum Gasteiger partial charge on any atom is -0.508 e. The van der Waals surface area contributed by atoms with Gasteiger partial charge in [0.2, 0.25) is 23.6 Å². The number of benzene rings is 1. The molecule has 0 aliphatic carbocycles. The van der Waals surface area contributed by atoms with Gasteiger partial charge in [0.15, 0.2) is 0 Å². The molecule has 0 radical (unpaired) electrons. The van der Waals surface area contributed by atoms with Crippen molar-refractivity contribution >= 4 is 29.6 Å². The van der Waals surface area contributed by atoms with Gasteiger partial charge in [0.05, 0.1) is 12.5 Å². The first-order valence-electron chi connectivity index (χ1n) is 10.5. The molecule has 0 bridgehead atoms. The molecule has 1 aliphatic heterocycles. The molecular formula is C21H29N5O7. The first kappa shape index (κ1) is 25.6. The Morgan fingerprint density at radius 1 is 1.06 bits per heavy atom. The number of nitrogens with one attached hydrogen (secondary N) is 4. The third-order valence-electron chi connectivity index (χ3n) is 5.16. The maximum Gasteiger partial charge on any atom is 0.326 e. The Hall–Kier alpha value is -3.67. The SMILES string of the molecule is CC(NC(=O)C(CC(N)=O)NC(=O)C1CCCN1)C(=O)NC(Cc1ccc(O)cc1)C(=O)O. The number of phenolic OH excluding ortho intramolecular Hbond substituents is 1. The van der Waals surface area contributed by atoms with Crippen LogP contribution in [0.2, 0.25) is 0 Å². The van der Waals surface area contributed by atoms with E-state index in [1.54, 1.807) is 0 Å². The molecule has 1 heterocycles. The number of carboxylic acids is 1. The number of carbonyl (C=O) groups is 5. The number of aromatic hydroxyl groups is 1. The molecule has 4 unspecified atom stereocenters. The number of carbonyl (C=O) groups excluding carboxylic acids is 4. The largest absolute Gasteiger partial charge is 0.508 e. The number of nitrogens with two attached hydrogens (primary N) is 1. The molecule has 4 amide bonds. The van der Waals surface area contributed by atoms with Crippen LogP contribution < -0.4 is 27.0 Å². The minimum atomic E-state index is -1.28. The molecule has 4 atom stereocenters. The van der Waals surface area contributed by atoms with E-state index in [0.29, 0.717) is 18.5 Å². The van der Waals surface area contributed by atoms with E-state index >= 15 is 0 Å². The number of rotatable bonds is 11. The summed E-state index contributed by atoms with van der Waals surface area (Å²) in [6.07, 6.45) is 0.887. The number of aliphatic carboxylic acids is 1. The number of primary amides is 1. The highest BCUT2D eigenvalue weighted by atomic mass is 16.4. The lowest BCUT2D eigenvalue weighted by Crippen LogP contribution is -2.57. The van der Waals surface area contributed by atoms with Gasteiger partial charge in [-0.3, -0.25) is 19.2 Å². The lowest BCUT2D eigenvalue weighted by atomic mass is 10.1. The van der Waals surface area contributed by atoms with E-state index in [0.717, 1.165) is 6.42 Å². The third-order valence-corrected chi connectivity index (χ3v) is 5.16. The molecule has 8 N–H and O–H groups in total. The molecule has 1 aromatic carbocycles. The topological polar surface area (TPSA) is 200 Å². The summed E-state index contributed by atoms with van der Waals surface area (Å²) in [5, 5.41) is 28.9. The van der Waals surface area contributed by atoms with Gasteiger partial charge in [-0.1, -0.05) is 12.1 Å². The van der Waals surface area contributed by atoms with Gasteiger partial charge in [0.25, 0.3) is 0 Å². The molecule has 12 heteroatoms. The van der Waals surface area contributed by atoms with E-state index in [9.17, 15) is 34.2 Å². The molecule has 12 nitrogen and oxygen atoms in total. The van der Waals surface area contributed by atoms with Crippen molar-refractivity contribution in [2.24, 2.45) is 5.73 Å². The van der Waals surface area contributed by atoms with E-state index in [1.165, 1.54) is 31.2 Å². The van der Waals surface area contributed by atoms with Crippen molar-refractivity contribution < 1.29 is 34.2 Å². The van der Waals surface area contributed by atoms with Gasteiger partial charge in [0, 0.05) is 6.42 Å². The molecule has 180 valence electrons. The van der Waals surface area contributed by atoms with Gasteiger partial charge >= 0.3 is 5.97 Å². The predicted octanol–water partition coefficient (Wildman–Crippen LogP) is -1.88. The molecule has 0 spiro atoms. The van der Waals surface area contributed by atoms with Crippen molar-refractivity contribution in [3.63, 3.8) is 0 Å². The first-order valence-corrected chi connectivity index (χ1v) is 10.5. The average molecular weight is 463 g/mol. The second-order valence-electron chi connectivity index (χ2n) is 7.88. The number of phenols is 1. The van der Waals surface area contributed by atoms with Crippen molar-refractivity contribution in [2.45, 2.75) is 56.8 Å². The molecule has 2 rings (SSSR count). The Morgan fingerprint density at radius 3 is 2.27 bits per heavy atom. The Bertz CT molecular complexity index is 883. The highest BCUT2D eigenvalue weighted by Gasteiger charge is 2.30. The molecule has 1 aliphatic rings. The zero-order valence-corrected chi connectivity index (χ0v) is 18.2. The van der Waals surface area contributed by atoms with Crippen molar-refractivity contribution in [1.82, 2.24) is 21.3 Å². The van der Waals surface area contributed by atoms with Gasteiger partial charge in [-0.2, -0.15) is 0 Å². The summed E-state index contributed by atoms with van der Waals surface area (Å²) in [4.78, 5) is 60.4. The van der Waals surface area contributed by atoms with Crippen molar-refractivity contribution in [1.29, 1.82) is 0 Å². The molecule has 0 saturated carbocycles. The van der Waals surface area contributed by atoms with Gasteiger partial charge in [-0.05, 0) is 44.0 Å². The Labute approximate surface area is 190 Å². The van der Waals surface area contributed by atoms with Crippen LogP contribution in [0.3, 0.4) is 0 Å². The number of hydrogen-bond acceptors (Lipinski definition) is 7. The maximum absolute atomic E-state index is 12.6. The quantitative estimate of drug-likeness (QED) is 0.198.